The third kappa shape index (κ3) is 3.36. The Bertz CT molecular complexity index is 679. The van der Waals surface area contributed by atoms with Gasteiger partial charge >= 0.3 is 0 Å². The summed E-state index contributed by atoms with van der Waals surface area (Å²) in [6, 6.07) is 6.65. The first-order chi connectivity index (χ1) is 11.1. The van der Waals surface area contributed by atoms with E-state index in [9.17, 15) is 4.39 Å². The molecule has 6 heteroatoms. The van der Waals surface area contributed by atoms with E-state index in [4.69, 9.17) is 4.74 Å². The van der Waals surface area contributed by atoms with Gasteiger partial charge in [0.05, 0.1) is 12.8 Å². The second kappa shape index (κ2) is 6.40. The van der Waals surface area contributed by atoms with Crippen molar-refractivity contribution in [2.24, 2.45) is 0 Å². The first-order valence-electron chi connectivity index (χ1n) is 7.72. The van der Waals surface area contributed by atoms with E-state index in [1.165, 1.54) is 12.1 Å². The Kier molecular flexibility index (Phi) is 4.32. The monoisotopic (exact) mass is 316 g/mol. The fourth-order valence-corrected chi connectivity index (χ4v) is 2.91. The summed E-state index contributed by atoms with van der Waals surface area (Å²) >= 11 is 0. The van der Waals surface area contributed by atoms with Gasteiger partial charge in [-0.2, -0.15) is 0 Å². The molecular weight excluding hydrogens is 295 g/mol. The van der Waals surface area contributed by atoms with Crippen molar-refractivity contribution in [2.75, 3.05) is 43.1 Å². The number of benzene rings is 1. The molecule has 3 rings (SSSR count). The van der Waals surface area contributed by atoms with Gasteiger partial charge in [-0.25, -0.2) is 14.4 Å². The molecule has 0 bridgehead atoms. The molecule has 5 nitrogen and oxygen atoms in total. The minimum atomic E-state index is -0.284. The van der Waals surface area contributed by atoms with Crippen LogP contribution in [0.2, 0.25) is 0 Å². The third-order valence-corrected chi connectivity index (χ3v) is 4.02. The lowest BCUT2D eigenvalue weighted by atomic mass is 10.2. The Morgan fingerprint density at radius 1 is 0.957 bits per heavy atom. The van der Waals surface area contributed by atoms with Gasteiger partial charge in [0.1, 0.15) is 11.6 Å². The van der Waals surface area contributed by atoms with E-state index in [2.05, 4.69) is 19.8 Å². The summed E-state index contributed by atoms with van der Waals surface area (Å²) in [5.41, 5.74) is 2.89. The number of nitrogens with zero attached hydrogens (tertiary/aromatic N) is 4. The predicted octanol–water partition coefficient (Wildman–Crippen LogP) is 2.57. The fourth-order valence-electron chi connectivity index (χ4n) is 2.91. The largest absolute Gasteiger partial charge is 0.494 e. The molecule has 0 unspecified atom stereocenters. The summed E-state index contributed by atoms with van der Waals surface area (Å²) in [7, 11) is 1.57. The first kappa shape index (κ1) is 15.5. The molecule has 122 valence electrons. The van der Waals surface area contributed by atoms with Gasteiger partial charge in [0.15, 0.2) is 0 Å². The first-order valence-corrected chi connectivity index (χ1v) is 7.72. The highest BCUT2D eigenvalue weighted by atomic mass is 19.1. The number of aromatic nitrogens is 2. The van der Waals surface area contributed by atoms with E-state index in [-0.39, 0.29) is 5.82 Å². The molecule has 2 heterocycles. The Morgan fingerprint density at radius 3 is 2.17 bits per heavy atom. The van der Waals surface area contributed by atoms with Crippen molar-refractivity contribution < 1.29 is 9.13 Å². The van der Waals surface area contributed by atoms with E-state index >= 15 is 0 Å². The van der Waals surface area contributed by atoms with Crippen molar-refractivity contribution in [3.8, 4) is 5.75 Å². The van der Waals surface area contributed by atoms with Crippen LogP contribution in [0.25, 0.3) is 0 Å². The van der Waals surface area contributed by atoms with Crippen molar-refractivity contribution >= 4 is 11.6 Å². The van der Waals surface area contributed by atoms with Crippen LogP contribution in [0.3, 0.4) is 0 Å². The second-order valence-corrected chi connectivity index (χ2v) is 5.74. The summed E-state index contributed by atoms with van der Waals surface area (Å²) in [6.07, 6.45) is 0. The van der Waals surface area contributed by atoms with Crippen LogP contribution in [0, 0.1) is 19.7 Å². The molecule has 0 spiro atoms. The average molecular weight is 316 g/mol. The van der Waals surface area contributed by atoms with Crippen LogP contribution in [0.15, 0.2) is 24.3 Å². The number of anilines is 2. The zero-order chi connectivity index (χ0) is 16.4. The molecule has 1 aliphatic rings. The molecule has 0 N–H and O–H groups in total. The number of ether oxygens (including phenoxy) is 1. The van der Waals surface area contributed by atoms with Gasteiger partial charge in [-0.3, -0.25) is 0 Å². The Hall–Kier alpha value is -2.37. The van der Waals surface area contributed by atoms with Crippen LogP contribution in [0.4, 0.5) is 16.0 Å². The molecule has 0 radical (unpaired) electrons. The number of piperazine rings is 1. The number of methoxy groups -OCH3 is 1. The van der Waals surface area contributed by atoms with Crippen LogP contribution >= 0.6 is 0 Å². The SMILES string of the molecule is COc1cc(F)ccc1N1CCN(c2nc(C)cc(C)n2)CC1. The van der Waals surface area contributed by atoms with E-state index in [0.29, 0.717) is 5.75 Å². The molecule has 2 aromatic rings. The highest BCUT2D eigenvalue weighted by Gasteiger charge is 2.21. The minimum Gasteiger partial charge on any atom is -0.494 e. The van der Waals surface area contributed by atoms with Crippen molar-refractivity contribution in [3.63, 3.8) is 0 Å². The predicted molar refractivity (Wildman–Crippen MR) is 88.9 cm³/mol. The summed E-state index contributed by atoms with van der Waals surface area (Å²) in [5, 5.41) is 0. The minimum absolute atomic E-state index is 0.284. The Balaban J connectivity index is 1.73. The Morgan fingerprint density at radius 2 is 1.57 bits per heavy atom. The normalized spacial score (nSPS) is 15.0. The van der Waals surface area contributed by atoms with Crippen LogP contribution in [-0.4, -0.2) is 43.3 Å². The maximum atomic E-state index is 13.3. The average Bonchev–Trinajstić information content (AvgIpc) is 2.54. The molecule has 23 heavy (non-hydrogen) atoms. The standard InChI is InChI=1S/C17H21FN4O/c1-12-10-13(2)20-17(19-12)22-8-6-21(7-9-22)15-5-4-14(18)11-16(15)23-3/h4-5,10-11H,6-9H2,1-3H3. The molecule has 1 aromatic carbocycles. The maximum Gasteiger partial charge on any atom is 0.225 e. The van der Waals surface area contributed by atoms with E-state index in [1.54, 1.807) is 13.2 Å². The smallest absolute Gasteiger partial charge is 0.225 e. The van der Waals surface area contributed by atoms with Crippen molar-refractivity contribution in [1.29, 1.82) is 0 Å². The molecule has 0 amide bonds. The lowest BCUT2D eigenvalue weighted by molar-refractivity contribution is 0.410. The molecule has 1 aliphatic heterocycles. The molecular formula is C17H21FN4O. The third-order valence-electron chi connectivity index (χ3n) is 4.02. The molecule has 0 saturated carbocycles. The molecule has 0 aliphatic carbocycles. The van der Waals surface area contributed by atoms with Gasteiger partial charge in [0.25, 0.3) is 0 Å². The van der Waals surface area contributed by atoms with Crippen molar-refractivity contribution in [3.05, 3.63) is 41.5 Å². The van der Waals surface area contributed by atoms with E-state index in [0.717, 1.165) is 49.2 Å². The topological polar surface area (TPSA) is 41.5 Å². The van der Waals surface area contributed by atoms with Crippen LogP contribution < -0.4 is 14.5 Å². The lowest BCUT2D eigenvalue weighted by Gasteiger charge is -2.36. The number of rotatable bonds is 3. The van der Waals surface area contributed by atoms with E-state index < -0.39 is 0 Å². The fraction of sp³-hybridized carbons (Fsp3) is 0.412. The highest BCUT2D eigenvalue weighted by Crippen LogP contribution is 2.30. The van der Waals surface area contributed by atoms with Crippen molar-refractivity contribution in [2.45, 2.75) is 13.8 Å². The van der Waals surface area contributed by atoms with Gasteiger partial charge in [0, 0.05) is 43.6 Å². The van der Waals surface area contributed by atoms with Gasteiger partial charge in [0.2, 0.25) is 5.95 Å². The zero-order valence-electron chi connectivity index (χ0n) is 13.7. The lowest BCUT2D eigenvalue weighted by Crippen LogP contribution is -2.47. The summed E-state index contributed by atoms with van der Waals surface area (Å²) in [5.74, 6) is 1.07. The number of hydrogen-bond acceptors (Lipinski definition) is 5. The number of halogens is 1. The zero-order valence-corrected chi connectivity index (χ0v) is 13.7. The second-order valence-electron chi connectivity index (χ2n) is 5.74. The molecule has 0 atom stereocenters. The van der Waals surface area contributed by atoms with Gasteiger partial charge in [-0.1, -0.05) is 0 Å². The summed E-state index contributed by atoms with van der Waals surface area (Å²) in [6.45, 7) is 7.25. The Labute approximate surface area is 135 Å². The van der Waals surface area contributed by atoms with Crippen LogP contribution in [0.1, 0.15) is 11.4 Å². The van der Waals surface area contributed by atoms with Gasteiger partial charge in [-0.15, -0.1) is 0 Å². The van der Waals surface area contributed by atoms with Crippen molar-refractivity contribution in [1.82, 2.24) is 9.97 Å². The quantitative estimate of drug-likeness (QED) is 0.870. The summed E-state index contributed by atoms with van der Waals surface area (Å²) in [4.78, 5) is 13.4. The summed E-state index contributed by atoms with van der Waals surface area (Å²) < 4.78 is 18.6. The number of hydrogen-bond donors (Lipinski definition) is 0. The maximum absolute atomic E-state index is 13.3. The van der Waals surface area contributed by atoms with Crippen LogP contribution in [0.5, 0.6) is 5.75 Å². The van der Waals surface area contributed by atoms with Gasteiger partial charge in [-0.05, 0) is 32.0 Å². The van der Waals surface area contributed by atoms with E-state index in [1.807, 2.05) is 19.9 Å². The number of aryl methyl sites for hydroxylation is 2. The highest BCUT2D eigenvalue weighted by molar-refractivity contribution is 5.59. The van der Waals surface area contributed by atoms with Gasteiger partial charge < -0.3 is 14.5 Å². The molecule has 1 aromatic heterocycles. The van der Waals surface area contributed by atoms with Crippen LogP contribution in [-0.2, 0) is 0 Å². The molecule has 1 fully saturated rings. The molecule has 1 saturated heterocycles.